The number of nitrogens with zero attached hydrogens (tertiary/aromatic N) is 1. The average Bonchev–Trinajstić information content (AvgIpc) is 2.48. The number of carboxylic acids is 1. The molecule has 114 valence electrons. The third-order valence-electron chi connectivity index (χ3n) is 3.30. The van der Waals surface area contributed by atoms with Gasteiger partial charge in [-0.05, 0) is 25.1 Å². The second-order valence-corrected chi connectivity index (χ2v) is 4.76. The molecule has 0 aliphatic carbocycles. The summed E-state index contributed by atoms with van der Waals surface area (Å²) < 4.78 is 10.7. The highest BCUT2D eigenvalue weighted by Gasteiger charge is 2.20. The minimum absolute atomic E-state index is 0.0868. The standard InChI is InChI=1S/C15H19NO5/c1-2-21-14-4-3-11(15(18)19)9-12(14)13(17)10-16-5-7-20-8-6-16/h3-4,9H,2,5-8,10H2,1H3,(H,18,19). The molecule has 0 atom stereocenters. The molecular weight excluding hydrogens is 274 g/mol. The first-order valence-corrected chi connectivity index (χ1v) is 6.95. The smallest absolute Gasteiger partial charge is 0.335 e. The van der Waals surface area contributed by atoms with Gasteiger partial charge in [-0.25, -0.2) is 4.79 Å². The van der Waals surface area contributed by atoms with Gasteiger partial charge in [0.15, 0.2) is 5.78 Å². The molecule has 0 amide bonds. The number of carbonyl (C=O) groups is 2. The summed E-state index contributed by atoms with van der Waals surface area (Å²) >= 11 is 0. The summed E-state index contributed by atoms with van der Waals surface area (Å²) in [6.07, 6.45) is 0. The molecule has 21 heavy (non-hydrogen) atoms. The van der Waals surface area contributed by atoms with E-state index in [4.69, 9.17) is 14.6 Å². The van der Waals surface area contributed by atoms with Crippen molar-refractivity contribution in [2.24, 2.45) is 0 Å². The molecule has 1 heterocycles. The summed E-state index contributed by atoms with van der Waals surface area (Å²) in [6.45, 7) is 5.11. The minimum Gasteiger partial charge on any atom is -0.493 e. The lowest BCUT2D eigenvalue weighted by Crippen LogP contribution is -2.39. The van der Waals surface area contributed by atoms with Gasteiger partial charge in [0.2, 0.25) is 0 Å². The van der Waals surface area contributed by atoms with Crippen LogP contribution in [0, 0.1) is 0 Å². The van der Waals surface area contributed by atoms with Gasteiger partial charge >= 0.3 is 5.97 Å². The Morgan fingerprint density at radius 1 is 1.33 bits per heavy atom. The molecule has 1 aliphatic heterocycles. The van der Waals surface area contributed by atoms with Gasteiger partial charge in [0.1, 0.15) is 5.75 Å². The zero-order chi connectivity index (χ0) is 15.2. The number of morpholine rings is 1. The molecule has 6 heteroatoms. The summed E-state index contributed by atoms with van der Waals surface area (Å²) in [7, 11) is 0. The van der Waals surface area contributed by atoms with E-state index in [0.717, 1.165) is 0 Å². The Morgan fingerprint density at radius 2 is 2.05 bits per heavy atom. The second kappa shape index (κ2) is 7.19. The first kappa shape index (κ1) is 15.5. The van der Waals surface area contributed by atoms with Crippen molar-refractivity contribution in [1.82, 2.24) is 4.90 Å². The molecule has 1 fully saturated rings. The molecule has 6 nitrogen and oxygen atoms in total. The number of carboxylic acid groups (broad SMARTS) is 1. The van der Waals surface area contributed by atoms with E-state index >= 15 is 0 Å². The normalized spacial score (nSPS) is 15.7. The highest BCUT2D eigenvalue weighted by molar-refractivity contribution is 6.02. The SMILES string of the molecule is CCOc1ccc(C(=O)O)cc1C(=O)CN1CCOCC1. The van der Waals surface area contributed by atoms with Crippen LogP contribution in [0.25, 0.3) is 0 Å². The van der Waals surface area contributed by atoms with Crippen LogP contribution in [0.3, 0.4) is 0 Å². The van der Waals surface area contributed by atoms with Crippen molar-refractivity contribution >= 4 is 11.8 Å². The number of hydrogen-bond donors (Lipinski definition) is 1. The molecule has 1 aromatic rings. The molecule has 0 aromatic heterocycles. The first-order chi connectivity index (χ1) is 10.1. The Balaban J connectivity index is 2.19. The molecule has 0 bridgehead atoms. The van der Waals surface area contributed by atoms with Gasteiger partial charge in [0.05, 0.1) is 37.5 Å². The zero-order valence-electron chi connectivity index (χ0n) is 12.0. The largest absolute Gasteiger partial charge is 0.493 e. The Labute approximate surface area is 123 Å². The summed E-state index contributed by atoms with van der Waals surface area (Å²) in [5.41, 5.74) is 0.409. The van der Waals surface area contributed by atoms with Crippen LogP contribution in [0.4, 0.5) is 0 Å². The van der Waals surface area contributed by atoms with E-state index in [9.17, 15) is 9.59 Å². The molecule has 2 rings (SSSR count). The van der Waals surface area contributed by atoms with Crippen LogP contribution in [0.2, 0.25) is 0 Å². The van der Waals surface area contributed by atoms with E-state index in [1.165, 1.54) is 12.1 Å². The van der Waals surface area contributed by atoms with E-state index in [1.807, 2.05) is 11.8 Å². The van der Waals surface area contributed by atoms with Crippen molar-refractivity contribution in [1.29, 1.82) is 0 Å². The van der Waals surface area contributed by atoms with Crippen molar-refractivity contribution in [2.45, 2.75) is 6.92 Å². The van der Waals surface area contributed by atoms with Gasteiger partial charge in [-0.2, -0.15) is 0 Å². The number of benzene rings is 1. The molecule has 0 spiro atoms. The summed E-state index contributed by atoms with van der Waals surface area (Å²) in [5, 5.41) is 9.05. The van der Waals surface area contributed by atoms with Crippen LogP contribution in [-0.2, 0) is 4.74 Å². The Morgan fingerprint density at radius 3 is 2.67 bits per heavy atom. The number of ether oxygens (including phenoxy) is 2. The monoisotopic (exact) mass is 293 g/mol. The van der Waals surface area contributed by atoms with Crippen molar-refractivity contribution < 1.29 is 24.2 Å². The summed E-state index contributed by atoms with van der Waals surface area (Å²) in [5.74, 6) is -0.761. The van der Waals surface area contributed by atoms with Crippen LogP contribution in [0.1, 0.15) is 27.6 Å². The number of hydrogen-bond acceptors (Lipinski definition) is 5. The lowest BCUT2D eigenvalue weighted by atomic mass is 10.1. The van der Waals surface area contributed by atoms with E-state index in [2.05, 4.69) is 0 Å². The van der Waals surface area contributed by atoms with Gasteiger partial charge in [0.25, 0.3) is 0 Å². The van der Waals surface area contributed by atoms with Gasteiger partial charge in [-0.15, -0.1) is 0 Å². The van der Waals surface area contributed by atoms with E-state index in [1.54, 1.807) is 6.07 Å². The Kier molecular flexibility index (Phi) is 5.30. The fourth-order valence-electron chi connectivity index (χ4n) is 2.21. The number of aromatic carboxylic acids is 1. The quantitative estimate of drug-likeness (QED) is 0.797. The molecule has 1 N–H and O–H groups in total. The predicted octanol–water partition coefficient (Wildman–Crippen LogP) is 1.30. The number of ketones is 1. The maximum absolute atomic E-state index is 12.4. The summed E-state index contributed by atoms with van der Waals surface area (Å²) in [6, 6.07) is 4.37. The molecule has 0 unspecified atom stereocenters. The van der Waals surface area contributed by atoms with E-state index in [0.29, 0.717) is 44.2 Å². The molecular formula is C15H19NO5. The molecule has 1 aliphatic rings. The zero-order valence-corrected chi connectivity index (χ0v) is 12.0. The van der Waals surface area contributed by atoms with Crippen LogP contribution in [0.5, 0.6) is 5.75 Å². The Bertz CT molecular complexity index is 523. The van der Waals surface area contributed by atoms with E-state index < -0.39 is 5.97 Å². The van der Waals surface area contributed by atoms with Crippen molar-refractivity contribution in [3.63, 3.8) is 0 Å². The summed E-state index contributed by atoms with van der Waals surface area (Å²) in [4.78, 5) is 25.5. The highest BCUT2D eigenvalue weighted by atomic mass is 16.5. The lowest BCUT2D eigenvalue weighted by molar-refractivity contribution is 0.0370. The molecule has 0 saturated carbocycles. The number of carbonyl (C=O) groups excluding carboxylic acids is 1. The maximum atomic E-state index is 12.4. The third-order valence-corrected chi connectivity index (χ3v) is 3.30. The fourth-order valence-corrected chi connectivity index (χ4v) is 2.21. The van der Waals surface area contributed by atoms with Crippen LogP contribution in [-0.4, -0.2) is 61.2 Å². The van der Waals surface area contributed by atoms with Gasteiger partial charge < -0.3 is 14.6 Å². The average molecular weight is 293 g/mol. The Hall–Kier alpha value is -1.92. The van der Waals surface area contributed by atoms with Gasteiger partial charge in [-0.1, -0.05) is 0 Å². The van der Waals surface area contributed by atoms with Crippen LogP contribution < -0.4 is 4.74 Å². The van der Waals surface area contributed by atoms with Crippen LogP contribution in [0.15, 0.2) is 18.2 Å². The minimum atomic E-state index is -1.06. The van der Waals surface area contributed by atoms with Gasteiger partial charge in [-0.3, -0.25) is 9.69 Å². The lowest BCUT2D eigenvalue weighted by Gasteiger charge is -2.26. The molecule has 1 saturated heterocycles. The maximum Gasteiger partial charge on any atom is 0.335 e. The molecule has 0 radical (unpaired) electrons. The third kappa shape index (κ3) is 4.03. The second-order valence-electron chi connectivity index (χ2n) is 4.76. The predicted molar refractivity (Wildman–Crippen MR) is 76.2 cm³/mol. The first-order valence-electron chi connectivity index (χ1n) is 6.95. The molecule has 1 aromatic carbocycles. The topological polar surface area (TPSA) is 76.1 Å². The number of Topliss-reactive ketones (excluding diaryl/α,β-unsaturated/α-hetero) is 1. The van der Waals surface area contributed by atoms with Crippen molar-refractivity contribution in [3.05, 3.63) is 29.3 Å². The van der Waals surface area contributed by atoms with Gasteiger partial charge in [0, 0.05) is 13.1 Å². The van der Waals surface area contributed by atoms with Crippen molar-refractivity contribution in [3.8, 4) is 5.75 Å². The number of rotatable bonds is 6. The highest BCUT2D eigenvalue weighted by Crippen LogP contribution is 2.21. The van der Waals surface area contributed by atoms with E-state index in [-0.39, 0.29) is 17.9 Å². The van der Waals surface area contributed by atoms with Crippen molar-refractivity contribution in [2.75, 3.05) is 39.5 Å². The fraction of sp³-hybridized carbons (Fsp3) is 0.467. The van der Waals surface area contributed by atoms with Crippen LogP contribution >= 0.6 is 0 Å².